The molecule has 0 saturated heterocycles. The van der Waals surface area contributed by atoms with E-state index in [1.54, 1.807) is 11.3 Å². The van der Waals surface area contributed by atoms with Gasteiger partial charge in [-0.2, -0.15) is 0 Å². The predicted octanol–water partition coefficient (Wildman–Crippen LogP) is 3.24. The topological polar surface area (TPSA) is 74.2 Å². The molecule has 1 heterocycles. The van der Waals surface area contributed by atoms with E-state index in [0.717, 1.165) is 33.9 Å². The van der Waals surface area contributed by atoms with Gasteiger partial charge in [0.2, 0.25) is 0 Å². The third-order valence-corrected chi connectivity index (χ3v) is 5.28. The summed E-state index contributed by atoms with van der Waals surface area (Å²) in [5.74, 6) is 0.475. The molecular formula is C18H23N3O2S. The molecule has 2 unspecified atom stereocenters. The van der Waals surface area contributed by atoms with Crippen molar-refractivity contribution in [1.29, 1.82) is 0 Å². The number of aryl methyl sites for hydroxylation is 2. The van der Waals surface area contributed by atoms with Gasteiger partial charge in [0.15, 0.2) is 0 Å². The monoisotopic (exact) mass is 345 g/mol. The summed E-state index contributed by atoms with van der Waals surface area (Å²) in [5.41, 5.74) is 1.86. The normalized spacial score (nSPS) is 16.5. The molecule has 1 aliphatic rings. The van der Waals surface area contributed by atoms with Gasteiger partial charge >= 0.3 is 6.03 Å². The highest BCUT2D eigenvalue weighted by Gasteiger charge is 2.35. The zero-order chi connectivity index (χ0) is 17.1. The molecule has 3 N–H and O–H groups in total. The van der Waals surface area contributed by atoms with Crippen LogP contribution in [0.25, 0.3) is 0 Å². The number of urea groups is 1. The van der Waals surface area contributed by atoms with Crippen LogP contribution >= 0.6 is 11.3 Å². The van der Waals surface area contributed by atoms with Gasteiger partial charge in [-0.05, 0) is 43.7 Å². The van der Waals surface area contributed by atoms with E-state index in [2.05, 4.69) is 15.6 Å². The minimum Gasteiger partial charge on any atom is -0.387 e. The number of carbonyl (C=O) groups excluding carboxylic acids is 1. The van der Waals surface area contributed by atoms with Crippen molar-refractivity contribution in [2.24, 2.45) is 5.92 Å². The lowest BCUT2D eigenvalue weighted by molar-refractivity contribution is 0.171. The van der Waals surface area contributed by atoms with Crippen LogP contribution in [0.1, 0.15) is 46.0 Å². The largest absolute Gasteiger partial charge is 0.387 e. The summed E-state index contributed by atoms with van der Waals surface area (Å²) >= 11 is 1.63. The predicted molar refractivity (Wildman–Crippen MR) is 95.0 cm³/mol. The van der Waals surface area contributed by atoms with Crippen molar-refractivity contribution < 1.29 is 9.90 Å². The molecule has 0 aliphatic heterocycles. The summed E-state index contributed by atoms with van der Waals surface area (Å²) in [4.78, 5) is 17.8. The van der Waals surface area contributed by atoms with Crippen LogP contribution in [-0.4, -0.2) is 22.7 Å². The second-order valence-electron chi connectivity index (χ2n) is 6.35. The molecular weight excluding hydrogens is 322 g/mol. The lowest BCUT2D eigenvalue weighted by atomic mass is 10.0. The Hall–Kier alpha value is -1.92. The summed E-state index contributed by atoms with van der Waals surface area (Å²) in [7, 11) is 0. The van der Waals surface area contributed by atoms with Crippen LogP contribution in [0, 0.1) is 19.8 Å². The number of amides is 2. The number of aliphatic hydroxyl groups excluding tert-OH is 1. The Morgan fingerprint density at radius 3 is 2.75 bits per heavy atom. The van der Waals surface area contributed by atoms with Crippen molar-refractivity contribution in [2.75, 3.05) is 6.54 Å². The molecule has 1 aromatic heterocycles. The molecule has 1 saturated carbocycles. The van der Waals surface area contributed by atoms with Gasteiger partial charge in [0, 0.05) is 17.6 Å². The van der Waals surface area contributed by atoms with Gasteiger partial charge in [0.25, 0.3) is 0 Å². The zero-order valence-corrected chi connectivity index (χ0v) is 14.8. The molecule has 2 aromatic rings. The highest BCUT2D eigenvalue weighted by molar-refractivity contribution is 7.11. The van der Waals surface area contributed by atoms with Gasteiger partial charge in [-0.1, -0.05) is 24.3 Å². The van der Waals surface area contributed by atoms with E-state index >= 15 is 0 Å². The van der Waals surface area contributed by atoms with Gasteiger partial charge in [0.05, 0.1) is 12.1 Å². The molecule has 128 valence electrons. The Morgan fingerprint density at radius 1 is 1.38 bits per heavy atom. The molecule has 1 aliphatic carbocycles. The van der Waals surface area contributed by atoms with E-state index in [9.17, 15) is 9.90 Å². The maximum Gasteiger partial charge on any atom is 0.315 e. The average Bonchev–Trinajstić information content (AvgIpc) is 3.32. The number of aromatic nitrogens is 1. The molecule has 6 heteroatoms. The number of aliphatic hydroxyl groups is 1. The van der Waals surface area contributed by atoms with Gasteiger partial charge in [-0.15, -0.1) is 11.3 Å². The first-order chi connectivity index (χ1) is 11.5. The van der Waals surface area contributed by atoms with Crippen molar-refractivity contribution in [3.63, 3.8) is 0 Å². The van der Waals surface area contributed by atoms with Crippen LogP contribution in [0.15, 0.2) is 30.5 Å². The van der Waals surface area contributed by atoms with Crippen LogP contribution in [0.5, 0.6) is 0 Å². The van der Waals surface area contributed by atoms with Crippen molar-refractivity contribution in [2.45, 2.75) is 38.8 Å². The molecule has 2 amide bonds. The summed E-state index contributed by atoms with van der Waals surface area (Å²) in [6.07, 6.45) is 3.38. The third-order valence-electron chi connectivity index (χ3n) is 4.29. The highest BCUT2D eigenvalue weighted by atomic mass is 32.1. The molecule has 2 atom stereocenters. The fourth-order valence-corrected chi connectivity index (χ4v) is 3.70. The standard InChI is InChI=1S/C18H23N3O2S/c1-11-5-3-4-6-14(11)15(22)10-20-18(23)21-16(13-7-8-13)17-19-9-12(2)24-17/h3-6,9,13,15-16,22H,7-8,10H2,1-2H3,(H2,20,21,23). The lowest BCUT2D eigenvalue weighted by Crippen LogP contribution is -2.40. The molecule has 3 rings (SSSR count). The van der Waals surface area contributed by atoms with E-state index in [1.807, 2.05) is 44.3 Å². The first-order valence-corrected chi connectivity index (χ1v) is 9.06. The maximum absolute atomic E-state index is 12.2. The van der Waals surface area contributed by atoms with Gasteiger partial charge < -0.3 is 15.7 Å². The van der Waals surface area contributed by atoms with Crippen LogP contribution in [0.4, 0.5) is 4.79 Å². The molecule has 0 bridgehead atoms. The number of rotatable bonds is 6. The number of hydrogen-bond donors (Lipinski definition) is 3. The fourth-order valence-electron chi connectivity index (χ4n) is 2.78. The summed E-state index contributed by atoms with van der Waals surface area (Å²) in [5, 5.41) is 17.0. The molecule has 1 aromatic carbocycles. The fraction of sp³-hybridized carbons (Fsp3) is 0.444. The Labute approximate surface area is 146 Å². The first-order valence-electron chi connectivity index (χ1n) is 8.25. The van der Waals surface area contributed by atoms with E-state index in [0.29, 0.717) is 5.92 Å². The van der Waals surface area contributed by atoms with Crippen LogP contribution in [-0.2, 0) is 0 Å². The average molecular weight is 345 g/mol. The van der Waals surface area contributed by atoms with Crippen molar-refractivity contribution in [3.8, 4) is 0 Å². The first kappa shape index (κ1) is 16.9. The SMILES string of the molecule is Cc1cnc(C(NC(=O)NCC(O)c2ccccc2C)C2CC2)s1. The van der Waals surface area contributed by atoms with Crippen LogP contribution in [0.2, 0.25) is 0 Å². The Morgan fingerprint density at radius 2 is 2.12 bits per heavy atom. The minimum absolute atomic E-state index is 0.0284. The maximum atomic E-state index is 12.2. The molecule has 24 heavy (non-hydrogen) atoms. The summed E-state index contributed by atoms with van der Waals surface area (Å²) in [6.45, 7) is 4.15. The van der Waals surface area contributed by atoms with E-state index in [-0.39, 0.29) is 18.6 Å². The van der Waals surface area contributed by atoms with Crippen LogP contribution < -0.4 is 10.6 Å². The molecule has 5 nitrogen and oxygen atoms in total. The number of thiazole rings is 1. The molecule has 1 fully saturated rings. The number of hydrogen-bond acceptors (Lipinski definition) is 4. The summed E-state index contributed by atoms with van der Waals surface area (Å²) in [6, 6.07) is 7.37. The van der Waals surface area contributed by atoms with E-state index < -0.39 is 6.10 Å². The second-order valence-corrected chi connectivity index (χ2v) is 7.62. The number of benzene rings is 1. The van der Waals surface area contributed by atoms with Gasteiger partial charge in [-0.3, -0.25) is 0 Å². The lowest BCUT2D eigenvalue weighted by Gasteiger charge is -2.18. The molecule has 0 radical (unpaired) electrons. The Bertz CT molecular complexity index is 712. The number of carbonyl (C=O) groups is 1. The second kappa shape index (κ2) is 7.32. The third kappa shape index (κ3) is 4.13. The van der Waals surface area contributed by atoms with Crippen LogP contribution in [0.3, 0.4) is 0 Å². The van der Waals surface area contributed by atoms with Gasteiger partial charge in [0.1, 0.15) is 5.01 Å². The summed E-state index contributed by atoms with van der Waals surface area (Å²) < 4.78 is 0. The minimum atomic E-state index is -0.710. The number of nitrogens with one attached hydrogen (secondary N) is 2. The Balaban J connectivity index is 1.56. The quantitative estimate of drug-likeness (QED) is 0.752. The van der Waals surface area contributed by atoms with Crippen molar-refractivity contribution in [1.82, 2.24) is 15.6 Å². The Kier molecular flexibility index (Phi) is 5.16. The smallest absolute Gasteiger partial charge is 0.315 e. The van der Waals surface area contributed by atoms with E-state index in [4.69, 9.17) is 0 Å². The van der Waals surface area contributed by atoms with Crippen molar-refractivity contribution >= 4 is 17.4 Å². The number of nitrogens with zero attached hydrogens (tertiary/aromatic N) is 1. The van der Waals surface area contributed by atoms with Crippen molar-refractivity contribution in [3.05, 3.63) is 51.5 Å². The zero-order valence-electron chi connectivity index (χ0n) is 14.0. The van der Waals surface area contributed by atoms with Gasteiger partial charge in [-0.25, -0.2) is 9.78 Å². The highest BCUT2D eigenvalue weighted by Crippen LogP contribution is 2.41. The van der Waals surface area contributed by atoms with E-state index in [1.165, 1.54) is 0 Å². The molecule has 0 spiro atoms.